The molecule has 0 saturated carbocycles. The first-order valence-corrected chi connectivity index (χ1v) is 22.4. The van der Waals surface area contributed by atoms with Crippen LogP contribution in [0.5, 0.6) is 0 Å². The molecule has 1 aliphatic rings. The summed E-state index contributed by atoms with van der Waals surface area (Å²) in [6.45, 7) is 6.06. The molecule has 0 bridgehead atoms. The zero-order chi connectivity index (χ0) is 42.1. The first-order chi connectivity index (χ1) is 31.1. The second-order valence-electron chi connectivity index (χ2n) is 16.6. The molecule has 9 aromatic carbocycles. The first kappa shape index (κ1) is 37.1. The third-order valence-corrected chi connectivity index (χ3v) is 14.3. The monoisotopic (exact) mass is 822 g/mol. The van der Waals surface area contributed by atoms with Gasteiger partial charge in [-0.1, -0.05) is 152 Å². The Morgan fingerprint density at radius 1 is 0.492 bits per heavy atom. The third kappa shape index (κ3) is 5.70. The fourth-order valence-corrected chi connectivity index (χ4v) is 11.5. The summed E-state index contributed by atoms with van der Waals surface area (Å²) in [6, 6.07) is 74.7. The Morgan fingerprint density at radius 3 is 1.83 bits per heavy atom. The zero-order valence-corrected chi connectivity index (χ0v) is 35.7. The summed E-state index contributed by atoms with van der Waals surface area (Å²) in [5, 5.41) is 7.47. The molecule has 3 heteroatoms. The van der Waals surface area contributed by atoms with Crippen LogP contribution in [-0.4, -0.2) is 4.57 Å². The second kappa shape index (κ2) is 14.7. The smallest absolute Gasteiger partial charge is 0.0714 e. The summed E-state index contributed by atoms with van der Waals surface area (Å²) in [6.07, 6.45) is 8.01. The van der Waals surface area contributed by atoms with Crippen LogP contribution in [0.1, 0.15) is 29.2 Å². The van der Waals surface area contributed by atoms with Gasteiger partial charge in [0, 0.05) is 53.7 Å². The number of anilines is 3. The zero-order valence-electron chi connectivity index (χ0n) is 34.9. The van der Waals surface area contributed by atoms with Gasteiger partial charge in [-0.3, -0.25) is 0 Å². The Hall–Kier alpha value is -7.72. The predicted octanol–water partition coefficient (Wildman–Crippen LogP) is 16.8. The average molecular weight is 823 g/mol. The number of fused-ring (bicyclic) bond motifs is 10. The molecule has 0 saturated heterocycles. The molecule has 11 aromatic rings. The van der Waals surface area contributed by atoms with Crippen LogP contribution in [0.25, 0.3) is 69.6 Å². The van der Waals surface area contributed by atoms with Crippen molar-refractivity contribution in [2.75, 3.05) is 4.90 Å². The van der Waals surface area contributed by atoms with Gasteiger partial charge in [0.1, 0.15) is 0 Å². The molecule has 0 unspecified atom stereocenters. The third-order valence-electron chi connectivity index (χ3n) is 13.1. The molecule has 1 aliphatic carbocycles. The minimum Gasteiger partial charge on any atom is -0.313 e. The molecule has 2 aromatic heterocycles. The van der Waals surface area contributed by atoms with E-state index in [4.69, 9.17) is 0 Å². The van der Waals surface area contributed by atoms with Crippen molar-refractivity contribution >= 4 is 86.8 Å². The molecular weight excluding hydrogens is 781 g/mol. The van der Waals surface area contributed by atoms with E-state index in [1.807, 2.05) is 23.5 Å². The first-order valence-electron chi connectivity index (χ1n) is 21.6. The molecule has 0 aliphatic heterocycles. The van der Waals surface area contributed by atoms with Gasteiger partial charge in [0.05, 0.1) is 16.4 Å². The largest absolute Gasteiger partial charge is 0.313 e. The predicted molar refractivity (Wildman–Crippen MR) is 271 cm³/mol. The SMILES string of the molecule is C=C/C=C\C=C(/C)n1c2ccccc2c2cc(N(c3ccc4c(c3)C(c3ccccc3)(c3ccccc3)c3cc5ccccc5cc3-4)c3ccc4sc5ccccc5c4c3)ccc21. The minimum absolute atomic E-state index is 0.562. The number of aromatic nitrogens is 1. The summed E-state index contributed by atoms with van der Waals surface area (Å²) >= 11 is 1.86. The number of allylic oxidation sites excluding steroid dienone is 5. The van der Waals surface area contributed by atoms with Crippen LogP contribution in [0.15, 0.2) is 231 Å². The van der Waals surface area contributed by atoms with Crippen LogP contribution in [0, 0.1) is 0 Å². The maximum Gasteiger partial charge on any atom is 0.0714 e. The van der Waals surface area contributed by atoms with Gasteiger partial charge in [0.15, 0.2) is 0 Å². The Morgan fingerprint density at radius 2 is 1.06 bits per heavy atom. The topological polar surface area (TPSA) is 8.17 Å². The molecule has 0 radical (unpaired) electrons. The van der Waals surface area contributed by atoms with Crippen molar-refractivity contribution in [1.29, 1.82) is 0 Å². The fraction of sp³-hybridized carbons (Fsp3) is 0.0333. The summed E-state index contributed by atoms with van der Waals surface area (Å²) in [4.78, 5) is 2.48. The lowest BCUT2D eigenvalue weighted by molar-refractivity contribution is 0.769. The number of para-hydroxylation sites is 1. The molecule has 63 heavy (non-hydrogen) atoms. The van der Waals surface area contributed by atoms with Gasteiger partial charge in [-0.15, -0.1) is 11.3 Å². The van der Waals surface area contributed by atoms with Crippen molar-refractivity contribution in [3.8, 4) is 11.1 Å². The quantitative estimate of drug-likeness (QED) is 0.139. The Balaban J connectivity index is 1.15. The molecule has 0 amide bonds. The number of rotatable bonds is 8. The lowest BCUT2D eigenvalue weighted by Gasteiger charge is -2.35. The Labute approximate surface area is 371 Å². The number of benzene rings is 9. The van der Waals surface area contributed by atoms with E-state index in [1.54, 1.807) is 0 Å². The van der Waals surface area contributed by atoms with Crippen molar-refractivity contribution in [3.05, 3.63) is 253 Å². The highest BCUT2D eigenvalue weighted by molar-refractivity contribution is 7.25. The van der Waals surface area contributed by atoms with Crippen LogP contribution in [0.4, 0.5) is 17.1 Å². The van der Waals surface area contributed by atoms with E-state index in [0.717, 1.165) is 22.8 Å². The van der Waals surface area contributed by atoms with Crippen molar-refractivity contribution in [2.45, 2.75) is 12.3 Å². The van der Waals surface area contributed by atoms with Crippen LogP contribution < -0.4 is 4.90 Å². The van der Waals surface area contributed by atoms with E-state index in [1.165, 1.54) is 86.1 Å². The molecule has 2 nitrogen and oxygen atoms in total. The number of hydrogen-bond donors (Lipinski definition) is 0. The Kier molecular flexibility index (Phi) is 8.67. The van der Waals surface area contributed by atoms with E-state index >= 15 is 0 Å². The van der Waals surface area contributed by atoms with Gasteiger partial charge in [-0.25, -0.2) is 0 Å². The van der Waals surface area contributed by atoms with E-state index in [-0.39, 0.29) is 0 Å². The van der Waals surface area contributed by atoms with E-state index in [9.17, 15) is 0 Å². The van der Waals surface area contributed by atoms with E-state index in [0.29, 0.717) is 0 Å². The van der Waals surface area contributed by atoms with Crippen LogP contribution in [-0.2, 0) is 5.41 Å². The van der Waals surface area contributed by atoms with Crippen LogP contribution in [0.2, 0.25) is 0 Å². The van der Waals surface area contributed by atoms with E-state index in [2.05, 4.69) is 235 Å². The summed E-state index contributed by atoms with van der Waals surface area (Å²) < 4.78 is 4.96. The van der Waals surface area contributed by atoms with Gasteiger partial charge in [-0.05, 0) is 130 Å². The molecule has 298 valence electrons. The molecule has 12 rings (SSSR count). The van der Waals surface area contributed by atoms with Crippen molar-refractivity contribution in [1.82, 2.24) is 4.57 Å². The minimum atomic E-state index is -0.562. The average Bonchev–Trinajstić information content (AvgIpc) is 3.97. The van der Waals surface area contributed by atoms with Crippen LogP contribution >= 0.6 is 11.3 Å². The van der Waals surface area contributed by atoms with Crippen molar-refractivity contribution in [3.63, 3.8) is 0 Å². The summed E-state index contributed by atoms with van der Waals surface area (Å²) in [7, 11) is 0. The standard InChI is InChI=1S/C60H42N2S/c1-3-4-7-18-40(2)61-56-27-16-14-25-49(56)52-37-45(30-33-57(52)61)62(46-31-34-59-53(38-46)50-26-15-17-28-58(50)63-59)47-29-32-48-51-35-41-19-12-13-20-42(41)36-54(51)60(55(48)39-47,43-21-8-5-9-22-43)44-23-10-6-11-24-44/h3-39H,1H2,2H3/b7-4-,40-18+. The lowest BCUT2D eigenvalue weighted by Crippen LogP contribution is -2.28. The normalized spacial score (nSPS) is 13.4. The van der Waals surface area contributed by atoms with Gasteiger partial charge < -0.3 is 9.47 Å². The molecule has 0 atom stereocenters. The molecule has 0 N–H and O–H groups in total. The highest BCUT2D eigenvalue weighted by Gasteiger charge is 2.46. The second-order valence-corrected chi connectivity index (χ2v) is 17.6. The number of nitrogens with zero attached hydrogens (tertiary/aromatic N) is 2. The fourth-order valence-electron chi connectivity index (χ4n) is 10.4. The van der Waals surface area contributed by atoms with Crippen LogP contribution in [0.3, 0.4) is 0 Å². The summed E-state index contributed by atoms with van der Waals surface area (Å²) in [5.41, 5.74) is 13.9. The Bertz CT molecular complexity index is 3620. The highest BCUT2D eigenvalue weighted by Crippen LogP contribution is 2.58. The maximum atomic E-state index is 3.88. The molecule has 0 fully saturated rings. The van der Waals surface area contributed by atoms with E-state index < -0.39 is 5.41 Å². The van der Waals surface area contributed by atoms with Crippen molar-refractivity contribution < 1.29 is 0 Å². The van der Waals surface area contributed by atoms with Gasteiger partial charge in [0.25, 0.3) is 0 Å². The number of thiophene rings is 1. The molecular formula is C60H42N2S. The van der Waals surface area contributed by atoms with Crippen molar-refractivity contribution in [2.24, 2.45) is 0 Å². The van der Waals surface area contributed by atoms with Gasteiger partial charge >= 0.3 is 0 Å². The lowest BCUT2D eigenvalue weighted by atomic mass is 9.67. The van der Waals surface area contributed by atoms with Gasteiger partial charge in [0.2, 0.25) is 0 Å². The molecule has 2 heterocycles. The maximum absolute atomic E-state index is 3.88. The number of hydrogen-bond acceptors (Lipinski definition) is 2. The van der Waals surface area contributed by atoms with Gasteiger partial charge in [-0.2, -0.15) is 0 Å². The highest BCUT2D eigenvalue weighted by atomic mass is 32.1. The summed E-state index contributed by atoms with van der Waals surface area (Å²) in [5.74, 6) is 0. The molecule has 0 spiro atoms.